The highest BCUT2D eigenvalue weighted by molar-refractivity contribution is 6.04. The standard InChI is InChI=1S/C20H25N3O5/c1-13(19(26)27)21-17(24)9-3-2-6-10-22-18(25)16-11-14-7-4-5-8-15(14)12-23(16)20(22)28/h4-5,7-8,13,16H,2-3,6,9-12H2,1H3,(H,21,24)(H,26,27)/p-1/t13-,16+/m1/s1. The fourth-order valence-corrected chi connectivity index (χ4v) is 3.68. The molecule has 0 aromatic heterocycles. The molecule has 0 bridgehead atoms. The summed E-state index contributed by atoms with van der Waals surface area (Å²) in [4.78, 5) is 50.5. The van der Waals surface area contributed by atoms with E-state index in [-0.39, 0.29) is 24.3 Å². The summed E-state index contributed by atoms with van der Waals surface area (Å²) in [5, 5.41) is 12.9. The molecule has 2 aliphatic rings. The molecule has 28 heavy (non-hydrogen) atoms. The number of aliphatic carboxylic acids is 1. The average molecular weight is 386 g/mol. The highest BCUT2D eigenvalue weighted by Crippen LogP contribution is 2.30. The lowest BCUT2D eigenvalue weighted by Gasteiger charge is -2.28. The third kappa shape index (κ3) is 4.16. The van der Waals surface area contributed by atoms with E-state index in [2.05, 4.69) is 5.32 Å². The summed E-state index contributed by atoms with van der Waals surface area (Å²) in [6, 6.07) is 6.18. The van der Waals surface area contributed by atoms with Gasteiger partial charge in [0.15, 0.2) is 0 Å². The van der Waals surface area contributed by atoms with Crippen LogP contribution >= 0.6 is 0 Å². The van der Waals surface area contributed by atoms with Crippen LogP contribution in [0.4, 0.5) is 4.79 Å². The van der Waals surface area contributed by atoms with Gasteiger partial charge in [-0.15, -0.1) is 0 Å². The summed E-state index contributed by atoms with van der Waals surface area (Å²) in [6.07, 6.45) is 2.57. The Hall–Kier alpha value is -2.90. The molecule has 2 atom stereocenters. The van der Waals surface area contributed by atoms with Crippen LogP contribution in [-0.4, -0.2) is 52.2 Å². The van der Waals surface area contributed by atoms with E-state index >= 15 is 0 Å². The van der Waals surface area contributed by atoms with E-state index in [4.69, 9.17) is 0 Å². The quantitative estimate of drug-likeness (QED) is 0.507. The second-order valence-electron chi connectivity index (χ2n) is 7.31. The maximum absolute atomic E-state index is 12.7. The Morgan fingerprint density at radius 2 is 1.89 bits per heavy atom. The van der Waals surface area contributed by atoms with Gasteiger partial charge in [0.25, 0.3) is 5.91 Å². The molecule has 0 aliphatic carbocycles. The zero-order valence-electron chi connectivity index (χ0n) is 15.8. The van der Waals surface area contributed by atoms with Gasteiger partial charge < -0.3 is 20.1 Å². The number of carbonyl (C=O) groups excluding carboxylic acids is 4. The number of unbranched alkanes of at least 4 members (excludes halogenated alkanes) is 2. The number of fused-ring (bicyclic) bond motifs is 2. The van der Waals surface area contributed by atoms with Gasteiger partial charge in [0.1, 0.15) is 6.04 Å². The highest BCUT2D eigenvalue weighted by Gasteiger charge is 2.46. The monoisotopic (exact) mass is 386 g/mol. The fraction of sp³-hybridized carbons (Fsp3) is 0.500. The van der Waals surface area contributed by atoms with Crippen LogP contribution in [0, 0.1) is 0 Å². The number of urea groups is 1. The van der Waals surface area contributed by atoms with E-state index in [1.807, 2.05) is 24.3 Å². The van der Waals surface area contributed by atoms with Crippen molar-refractivity contribution in [2.24, 2.45) is 0 Å². The van der Waals surface area contributed by atoms with E-state index in [9.17, 15) is 24.3 Å². The third-order valence-electron chi connectivity index (χ3n) is 5.29. The minimum absolute atomic E-state index is 0.153. The number of amides is 4. The zero-order valence-corrected chi connectivity index (χ0v) is 15.8. The number of rotatable bonds is 8. The lowest BCUT2D eigenvalue weighted by atomic mass is 9.95. The van der Waals surface area contributed by atoms with Crippen molar-refractivity contribution in [2.45, 2.75) is 57.7 Å². The molecular weight excluding hydrogens is 362 g/mol. The van der Waals surface area contributed by atoms with Gasteiger partial charge in [0.2, 0.25) is 5.91 Å². The Kier molecular flexibility index (Phi) is 5.96. The van der Waals surface area contributed by atoms with Gasteiger partial charge >= 0.3 is 6.03 Å². The molecule has 1 fully saturated rings. The zero-order chi connectivity index (χ0) is 20.3. The minimum atomic E-state index is -1.32. The Morgan fingerprint density at radius 1 is 1.18 bits per heavy atom. The van der Waals surface area contributed by atoms with Crippen molar-refractivity contribution in [3.63, 3.8) is 0 Å². The van der Waals surface area contributed by atoms with Crippen molar-refractivity contribution in [1.29, 1.82) is 0 Å². The SMILES string of the molecule is C[C@@H](NC(=O)CCCCCN1C(=O)[C@@H]2Cc3ccccc3CN2C1=O)C(=O)[O-]. The number of hydrogen-bond acceptors (Lipinski definition) is 5. The second-order valence-corrected chi connectivity index (χ2v) is 7.31. The molecule has 2 aliphatic heterocycles. The van der Waals surface area contributed by atoms with Gasteiger partial charge in [-0.1, -0.05) is 30.7 Å². The van der Waals surface area contributed by atoms with Crippen LogP contribution in [0.5, 0.6) is 0 Å². The van der Waals surface area contributed by atoms with Crippen molar-refractivity contribution >= 4 is 23.8 Å². The summed E-state index contributed by atoms with van der Waals surface area (Å²) in [5.74, 6) is -1.82. The first-order chi connectivity index (χ1) is 13.4. The molecule has 4 amide bonds. The van der Waals surface area contributed by atoms with E-state index in [1.165, 1.54) is 11.8 Å². The summed E-state index contributed by atoms with van der Waals surface area (Å²) < 4.78 is 0. The van der Waals surface area contributed by atoms with Crippen molar-refractivity contribution in [3.8, 4) is 0 Å². The first-order valence-electron chi connectivity index (χ1n) is 9.57. The van der Waals surface area contributed by atoms with Gasteiger partial charge in [-0.25, -0.2) is 4.79 Å². The van der Waals surface area contributed by atoms with Crippen LogP contribution in [-0.2, 0) is 27.3 Å². The Balaban J connectivity index is 1.44. The van der Waals surface area contributed by atoms with Crippen molar-refractivity contribution < 1.29 is 24.3 Å². The van der Waals surface area contributed by atoms with Crippen LogP contribution in [0.3, 0.4) is 0 Å². The molecule has 1 aromatic rings. The number of carbonyl (C=O) groups is 4. The number of nitrogens with zero attached hydrogens (tertiary/aromatic N) is 2. The van der Waals surface area contributed by atoms with Gasteiger partial charge in [0.05, 0.1) is 12.0 Å². The number of benzene rings is 1. The smallest absolute Gasteiger partial charge is 0.327 e. The molecule has 1 saturated heterocycles. The van der Waals surface area contributed by atoms with Crippen LogP contribution in [0.15, 0.2) is 24.3 Å². The first kappa shape index (κ1) is 19.9. The van der Waals surface area contributed by atoms with Crippen molar-refractivity contribution in [3.05, 3.63) is 35.4 Å². The van der Waals surface area contributed by atoms with Crippen LogP contribution < -0.4 is 10.4 Å². The molecular formula is C20H24N3O5-. The number of carboxylic acids is 1. The minimum Gasteiger partial charge on any atom is -0.548 e. The topological polar surface area (TPSA) is 110 Å². The summed E-state index contributed by atoms with van der Waals surface area (Å²) in [6.45, 7) is 2.14. The fourth-order valence-electron chi connectivity index (χ4n) is 3.68. The summed E-state index contributed by atoms with van der Waals surface area (Å²) in [7, 11) is 0. The average Bonchev–Trinajstić information content (AvgIpc) is 2.90. The number of hydrogen-bond donors (Lipinski definition) is 1. The molecule has 1 N–H and O–H groups in total. The molecule has 150 valence electrons. The largest absolute Gasteiger partial charge is 0.548 e. The molecule has 0 unspecified atom stereocenters. The van der Waals surface area contributed by atoms with Crippen molar-refractivity contribution in [1.82, 2.24) is 15.1 Å². The maximum Gasteiger partial charge on any atom is 0.327 e. The normalized spacial score (nSPS) is 19.2. The molecule has 0 spiro atoms. The molecule has 8 nitrogen and oxygen atoms in total. The van der Waals surface area contributed by atoms with Gasteiger partial charge in [-0.2, -0.15) is 0 Å². The number of nitrogens with one attached hydrogen (secondary N) is 1. The molecule has 2 heterocycles. The lowest BCUT2D eigenvalue weighted by Crippen LogP contribution is -2.45. The predicted molar refractivity (Wildman–Crippen MR) is 97.7 cm³/mol. The van der Waals surface area contributed by atoms with Crippen LogP contribution in [0.1, 0.15) is 43.7 Å². The van der Waals surface area contributed by atoms with Gasteiger partial charge in [-0.3, -0.25) is 14.5 Å². The van der Waals surface area contributed by atoms with Crippen LogP contribution in [0.25, 0.3) is 0 Å². The van der Waals surface area contributed by atoms with E-state index in [0.717, 1.165) is 11.1 Å². The Bertz CT molecular complexity index is 751. The number of carboxylic acid groups (broad SMARTS) is 1. The van der Waals surface area contributed by atoms with Gasteiger partial charge in [-0.05, 0) is 30.9 Å². The number of imide groups is 1. The third-order valence-corrected chi connectivity index (χ3v) is 5.29. The van der Waals surface area contributed by atoms with E-state index < -0.39 is 18.1 Å². The molecule has 0 saturated carbocycles. The molecule has 0 radical (unpaired) electrons. The van der Waals surface area contributed by atoms with Crippen LogP contribution in [0.2, 0.25) is 0 Å². The predicted octanol–water partition coefficient (Wildman–Crippen LogP) is 0.191. The van der Waals surface area contributed by atoms with Gasteiger partial charge in [0, 0.05) is 25.9 Å². The Morgan fingerprint density at radius 3 is 2.61 bits per heavy atom. The summed E-state index contributed by atoms with van der Waals surface area (Å²) >= 11 is 0. The maximum atomic E-state index is 12.7. The second kappa shape index (κ2) is 8.41. The highest BCUT2D eigenvalue weighted by atomic mass is 16.4. The lowest BCUT2D eigenvalue weighted by molar-refractivity contribution is -0.307. The molecule has 8 heteroatoms. The molecule has 1 aromatic carbocycles. The van der Waals surface area contributed by atoms with Crippen molar-refractivity contribution in [2.75, 3.05) is 6.54 Å². The first-order valence-corrected chi connectivity index (χ1v) is 9.57. The summed E-state index contributed by atoms with van der Waals surface area (Å²) in [5.41, 5.74) is 2.20. The molecule has 3 rings (SSSR count). The Labute approximate surface area is 163 Å². The van der Waals surface area contributed by atoms with E-state index in [0.29, 0.717) is 38.8 Å². The van der Waals surface area contributed by atoms with E-state index in [1.54, 1.807) is 4.90 Å².